The summed E-state index contributed by atoms with van der Waals surface area (Å²) < 4.78 is 5.21. The van der Waals surface area contributed by atoms with E-state index < -0.39 is 5.97 Å². The summed E-state index contributed by atoms with van der Waals surface area (Å²) in [5.41, 5.74) is 0. The number of nitrogens with zero attached hydrogens (tertiary/aromatic N) is 2. The highest BCUT2D eigenvalue weighted by molar-refractivity contribution is 8.00. The van der Waals surface area contributed by atoms with E-state index in [-0.39, 0.29) is 36.2 Å². The number of carboxylic acids is 1. The molecule has 0 unspecified atom stereocenters. The van der Waals surface area contributed by atoms with E-state index in [1.54, 1.807) is 4.90 Å². The molecule has 1 aliphatic heterocycles. The second-order valence-electron chi connectivity index (χ2n) is 6.33. The van der Waals surface area contributed by atoms with Crippen LogP contribution in [-0.4, -0.2) is 95.7 Å². The van der Waals surface area contributed by atoms with Crippen LogP contribution in [0.15, 0.2) is 0 Å². The van der Waals surface area contributed by atoms with Crippen LogP contribution in [0.2, 0.25) is 0 Å². The maximum Gasteiger partial charge on any atom is 0.317 e. The van der Waals surface area contributed by atoms with E-state index in [1.807, 2.05) is 11.8 Å². The SMILES string of the molecule is CCN(CC(=O)O)C1CC(NC(=O)CSCC(=O)N2CCOCC2)C1. The molecule has 0 radical (unpaired) electrons. The molecule has 0 aromatic carbocycles. The van der Waals surface area contributed by atoms with Crippen molar-refractivity contribution in [1.82, 2.24) is 15.1 Å². The molecule has 8 nitrogen and oxygen atoms in total. The molecule has 0 aromatic heterocycles. The average molecular weight is 373 g/mol. The van der Waals surface area contributed by atoms with Gasteiger partial charge >= 0.3 is 5.97 Å². The molecule has 0 aromatic rings. The summed E-state index contributed by atoms with van der Waals surface area (Å²) in [6, 6.07) is 0.331. The van der Waals surface area contributed by atoms with Crippen LogP contribution in [-0.2, 0) is 19.1 Å². The summed E-state index contributed by atoms with van der Waals surface area (Å²) in [5, 5.41) is 11.8. The predicted octanol–water partition coefficient (Wildman–Crippen LogP) is -0.368. The largest absolute Gasteiger partial charge is 0.480 e. The molecule has 1 saturated carbocycles. The molecule has 0 bridgehead atoms. The Kier molecular flexibility index (Phi) is 7.98. The molecular formula is C16H27N3O5S. The van der Waals surface area contributed by atoms with Crippen LogP contribution in [0.5, 0.6) is 0 Å². The van der Waals surface area contributed by atoms with Crippen LogP contribution in [0.3, 0.4) is 0 Å². The zero-order chi connectivity index (χ0) is 18.2. The van der Waals surface area contributed by atoms with E-state index in [0.717, 1.165) is 12.8 Å². The fraction of sp³-hybridized carbons (Fsp3) is 0.812. The normalized spacial score (nSPS) is 23.2. The van der Waals surface area contributed by atoms with Gasteiger partial charge in [-0.3, -0.25) is 19.3 Å². The first-order chi connectivity index (χ1) is 12.0. The van der Waals surface area contributed by atoms with E-state index in [9.17, 15) is 14.4 Å². The van der Waals surface area contributed by atoms with Crippen molar-refractivity contribution < 1.29 is 24.2 Å². The molecule has 2 rings (SSSR count). The second kappa shape index (κ2) is 9.98. The molecule has 1 aliphatic carbocycles. The Morgan fingerprint density at radius 1 is 1.24 bits per heavy atom. The van der Waals surface area contributed by atoms with Crippen molar-refractivity contribution in [3.8, 4) is 0 Å². The number of carbonyl (C=O) groups is 3. The third-order valence-corrected chi connectivity index (χ3v) is 5.48. The van der Waals surface area contributed by atoms with Crippen LogP contribution in [0.25, 0.3) is 0 Å². The highest BCUT2D eigenvalue weighted by Crippen LogP contribution is 2.25. The molecule has 0 spiro atoms. The van der Waals surface area contributed by atoms with Crippen LogP contribution in [0, 0.1) is 0 Å². The monoisotopic (exact) mass is 373 g/mol. The Bertz CT molecular complexity index is 478. The molecule has 142 valence electrons. The van der Waals surface area contributed by atoms with E-state index in [2.05, 4.69) is 5.32 Å². The topological polar surface area (TPSA) is 99.2 Å². The number of carboxylic acid groups (broad SMARTS) is 1. The van der Waals surface area contributed by atoms with Crippen LogP contribution >= 0.6 is 11.8 Å². The number of hydrogen-bond acceptors (Lipinski definition) is 6. The number of hydrogen-bond donors (Lipinski definition) is 2. The Labute approximate surface area is 152 Å². The van der Waals surface area contributed by atoms with Gasteiger partial charge in [-0.1, -0.05) is 6.92 Å². The van der Waals surface area contributed by atoms with E-state index >= 15 is 0 Å². The quantitative estimate of drug-likeness (QED) is 0.569. The highest BCUT2D eigenvalue weighted by atomic mass is 32.2. The van der Waals surface area contributed by atoms with Gasteiger partial charge in [-0.25, -0.2) is 0 Å². The van der Waals surface area contributed by atoms with Gasteiger partial charge in [-0.05, 0) is 19.4 Å². The van der Waals surface area contributed by atoms with Gasteiger partial charge in [0.15, 0.2) is 0 Å². The molecule has 2 amide bonds. The minimum Gasteiger partial charge on any atom is -0.480 e. The molecule has 1 saturated heterocycles. The number of aliphatic carboxylic acids is 1. The average Bonchev–Trinajstić information content (AvgIpc) is 2.56. The maximum absolute atomic E-state index is 12.0. The number of ether oxygens (including phenoxy) is 1. The Hall–Kier alpha value is -1.32. The molecule has 25 heavy (non-hydrogen) atoms. The smallest absolute Gasteiger partial charge is 0.317 e. The molecule has 2 fully saturated rings. The van der Waals surface area contributed by atoms with Crippen molar-refractivity contribution in [2.45, 2.75) is 31.8 Å². The number of thioether (sulfide) groups is 1. The van der Waals surface area contributed by atoms with Gasteiger partial charge < -0.3 is 20.1 Å². The summed E-state index contributed by atoms with van der Waals surface area (Å²) in [7, 11) is 0. The highest BCUT2D eigenvalue weighted by Gasteiger charge is 2.34. The number of nitrogens with one attached hydrogen (secondary N) is 1. The van der Waals surface area contributed by atoms with Crippen molar-refractivity contribution in [2.24, 2.45) is 0 Å². The number of likely N-dealkylation sites (N-methyl/N-ethyl adjacent to an activating group) is 1. The van der Waals surface area contributed by atoms with Crippen LogP contribution in [0.1, 0.15) is 19.8 Å². The fourth-order valence-electron chi connectivity index (χ4n) is 3.08. The lowest BCUT2D eigenvalue weighted by Gasteiger charge is -2.42. The van der Waals surface area contributed by atoms with Gasteiger partial charge in [-0.2, -0.15) is 0 Å². The lowest BCUT2D eigenvalue weighted by atomic mass is 9.85. The number of amides is 2. The number of rotatable bonds is 9. The fourth-order valence-corrected chi connectivity index (χ4v) is 3.81. The molecule has 0 atom stereocenters. The first-order valence-electron chi connectivity index (χ1n) is 8.68. The standard InChI is InChI=1S/C16H27N3O5S/c1-2-18(9-16(22)23)13-7-12(8-13)17-14(20)10-25-11-15(21)19-3-5-24-6-4-19/h12-13H,2-11H2,1H3,(H,17,20)(H,22,23). The van der Waals surface area contributed by atoms with Gasteiger partial charge in [0.2, 0.25) is 11.8 Å². The van der Waals surface area contributed by atoms with Gasteiger partial charge in [0.1, 0.15) is 0 Å². The molecule has 2 aliphatic rings. The third kappa shape index (κ3) is 6.48. The number of carbonyl (C=O) groups excluding carboxylic acids is 2. The first kappa shape index (κ1) is 20.0. The predicted molar refractivity (Wildman–Crippen MR) is 94.6 cm³/mol. The van der Waals surface area contributed by atoms with Gasteiger partial charge in [0.25, 0.3) is 0 Å². The molecular weight excluding hydrogens is 346 g/mol. The molecule has 9 heteroatoms. The minimum absolute atomic E-state index is 0.0430. The zero-order valence-corrected chi connectivity index (χ0v) is 15.4. The van der Waals surface area contributed by atoms with Gasteiger partial charge in [0, 0.05) is 25.2 Å². The van der Waals surface area contributed by atoms with E-state index in [4.69, 9.17) is 9.84 Å². The summed E-state index contributed by atoms with van der Waals surface area (Å²) in [4.78, 5) is 38.4. The first-order valence-corrected chi connectivity index (χ1v) is 9.83. The third-order valence-electron chi connectivity index (χ3n) is 4.56. The second-order valence-corrected chi connectivity index (χ2v) is 7.32. The lowest BCUT2D eigenvalue weighted by molar-refractivity contribution is -0.139. The summed E-state index contributed by atoms with van der Waals surface area (Å²) in [5.74, 6) is -0.260. The summed E-state index contributed by atoms with van der Waals surface area (Å²) >= 11 is 1.33. The van der Waals surface area contributed by atoms with E-state index in [0.29, 0.717) is 38.6 Å². The number of morpholine rings is 1. The lowest BCUT2D eigenvalue weighted by Crippen LogP contribution is -2.55. The van der Waals surface area contributed by atoms with Crippen LogP contribution < -0.4 is 5.32 Å². The van der Waals surface area contributed by atoms with Crippen molar-refractivity contribution in [2.75, 3.05) is 50.9 Å². The van der Waals surface area contributed by atoms with Gasteiger partial charge in [-0.15, -0.1) is 11.8 Å². The van der Waals surface area contributed by atoms with Gasteiger partial charge in [0.05, 0.1) is 31.3 Å². The minimum atomic E-state index is -0.823. The maximum atomic E-state index is 12.0. The van der Waals surface area contributed by atoms with Crippen molar-refractivity contribution >= 4 is 29.5 Å². The van der Waals surface area contributed by atoms with Crippen molar-refractivity contribution in [1.29, 1.82) is 0 Å². The summed E-state index contributed by atoms with van der Waals surface area (Å²) in [6.07, 6.45) is 1.56. The van der Waals surface area contributed by atoms with Crippen LogP contribution in [0.4, 0.5) is 0 Å². The van der Waals surface area contributed by atoms with Crippen molar-refractivity contribution in [3.63, 3.8) is 0 Å². The van der Waals surface area contributed by atoms with Crippen molar-refractivity contribution in [3.05, 3.63) is 0 Å². The molecule has 2 N–H and O–H groups in total. The Morgan fingerprint density at radius 3 is 2.52 bits per heavy atom. The Balaban J connectivity index is 1.57. The summed E-state index contributed by atoms with van der Waals surface area (Å²) in [6.45, 7) is 5.08. The zero-order valence-electron chi connectivity index (χ0n) is 14.6. The Morgan fingerprint density at radius 2 is 1.92 bits per heavy atom. The van der Waals surface area contributed by atoms with E-state index in [1.165, 1.54) is 11.8 Å². The molecule has 1 heterocycles.